The second-order valence-corrected chi connectivity index (χ2v) is 17.6. The maximum absolute atomic E-state index is 6.72. The third kappa shape index (κ3) is 7.26. The molecule has 0 fully saturated rings. The van der Waals surface area contributed by atoms with E-state index in [1.807, 2.05) is 29.1 Å². The molecule has 0 saturated heterocycles. The van der Waals surface area contributed by atoms with Crippen LogP contribution in [0.1, 0.15) is 104 Å². The van der Waals surface area contributed by atoms with Gasteiger partial charge in [-0.3, -0.25) is 4.68 Å². The number of nitrogens with zero attached hydrogens (tertiary/aromatic N) is 4. The Labute approximate surface area is 329 Å². The van der Waals surface area contributed by atoms with Gasteiger partial charge in [-0.05, 0) is 51.9 Å². The minimum Gasteiger partial charge on any atom is -0.509 e. The largest absolute Gasteiger partial charge is 2.00 e. The SMILES string of the molecule is CC(C)(C)c1cc(C(C)(C)C)n(-c2[c-]c(Oc3[c-]c4c(c(C(C)(C)C)c3)c3ccccc3n4-c3cc(C(C)(C)c4ccccc4)ccn3)ccc2)n1.[Pt+2]. The van der Waals surface area contributed by atoms with E-state index in [1.54, 1.807) is 0 Å². The maximum atomic E-state index is 6.72. The molecule has 0 unspecified atom stereocenters. The van der Waals surface area contributed by atoms with E-state index in [2.05, 4.69) is 172 Å². The summed E-state index contributed by atoms with van der Waals surface area (Å²) in [4.78, 5) is 4.97. The van der Waals surface area contributed by atoms with E-state index in [-0.39, 0.29) is 42.7 Å². The summed E-state index contributed by atoms with van der Waals surface area (Å²) in [6.07, 6.45) is 1.92. The first kappa shape index (κ1) is 38.3. The van der Waals surface area contributed by atoms with E-state index in [0.29, 0.717) is 11.5 Å². The molecule has 7 rings (SSSR count). The van der Waals surface area contributed by atoms with Crippen molar-refractivity contribution in [2.75, 3.05) is 0 Å². The summed E-state index contributed by atoms with van der Waals surface area (Å²) in [7, 11) is 0. The fourth-order valence-corrected chi connectivity index (χ4v) is 7.03. The molecule has 0 N–H and O–H groups in total. The van der Waals surface area contributed by atoms with Crippen LogP contribution < -0.4 is 4.74 Å². The Kier molecular flexibility index (Phi) is 9.92. The molecular weight excluding hydrogens is 832 g/mol. The van der Waals surface area contributed by atoms with Gasteiger partial charge >= 0.3 is 21.1 Å². The maximum Gasteiger partial charge on any atom is 2.00 e. The van der Waals surface area contributed by atoms with Crippen LogP contribution in [0.25, 0.3) is 33.3 Å². The molecule has 0 aliphatic rings. The second-order valence-electron chi connectivity index (χ2n) is 17.6. The van der Waals surface area contributed by atoms with Gasteiger partial charge in [0.1, 0.15) is 5.82 Å². The number of para-hydroxylation sites is 1. The van der Waals surface area contributed by atoms with E-state index in [9.17, 15) is 0 Å². The average molecular weight is 882 g/mol. The predicted octanol–water partition coefficient (Wildman–Crippen LogP) is 12.0. The average Bonchev–Trinajstić information content (AvgIpc) is 3.70. The summed E-state index contributed by atoms with van der Waals surface area (Å²) in [6, 6.07) is 41.2. The molecule has 4 aromatic carbocycles. The predicted molar refractivity (Wildman–Crippen MR) is 215 cm³/mol. The van der Waals surface area contributed by atoms with Crippen molar-refractivity contribution in [3.63, 3.8) is 0 Å². The van der Waals surface area contributed by atoms with Crippen LogP contribution in [0.5, 0.6) is 11.5 Å². The van der Waals surface area contributed by atoms with Crippen molar-refractivity contribution in [2.45, 2.75) is 97.8 Å². The zero-order valence-electron chi connectivity index (χ0n) is 32.8. The molecule has 3 heterocycles. The van der Waals surface area contributed by atoms with Crippen molar-refractivity contribution < 1.29 is 25.8 Å². The van der Waals surface area contributed by atoms with Crippen LogP contribution in [0.15, 0.2) is 103 Å². The Morgan fingerprint density at radius 3 is 2.00 bits per heavy atom. The summed E-state index contributed by atoms with van der Waals surface area (Å²) in [6.45, 7) is 24.6. The first-order valence-corrected chi connectivity index (χ1v) is 18.3. The quantitative estimate of drug-likeness (QED) is 0.156. The molecule has 3 aromatic heterocycles. The van der Waals surface area contributed by atoms with Crippen LogP contribution in [-0.2, 0) is 42.7 Å². The van der Waals surface area contributed by atoms with Crippen molar-refractivity contribution in [1.29, 1.82) is 0 Å². The van der Waals surface area contributed by atoms with Crippen molar-refractivity contribution in [3.8, 4) is 23.0 Å². The van der Waals surface area contributed by atoms with Gasteiger partial charge in [-0.2, -0.15) is 11.2 Å². The molecule has 6 heteroatoms. The fourth-order valence-electron chi connectivity index (χ4n) is 7.03. The molecule has 0 amide bonds. The van der Waals surface area contributed by atoms with Crippen LogP contribution >= 0.6 is 0 Å². The molecule has 7 aromatic rings. The standard InChI is InChI=1S/C47H50N4O.Pt/c1-44(2,3)37-28-35(52-34-21-17-20-33(27-34)51-41(46(7,8)9)30-40(49-51)45(4,5)6)29-39-43(37)36-22-15-16-23-38(36)50(39)42-26-32(24-25-48-42)47(10,11)31-18-13-12-14-19-31;/h12-26,28,30H,1-11H3;/q-2;+2. The number of benzene rings is 4. The third-order valence-corrected chi connectivity index (χ3v) is 10.1. The molecule has 0 saturated carbocycles. The van der Waals surface area contributed by atoms with Crippen molar-refractivity contribution in [2.24, 2.45) is 0 Å². The molecule has 0 spiro atoms. The van der Waals surface area contributed by atoms with Crippen molar-refractivity contribution in [3.05, 3.63) is 143 Å². The van der Waals surface area contributed by atoms with Gasteiger partial charge in [0.2, 0.25) is 0 Å². The van der Waals surface area contributed by atoms with E-state index in [4.69, 9.17) is 14.8 Å². The minimum absolute atomic E-state index is 0. The van der Waals surface area contributed by atoms with Crippen LogP contribution in [0.4, 0.5) is 0 Å². The monoisotopic (exact) mass is 881 g/mol. The van der Waals surface area contributed by atoms with E-state index < -0.39 is 0 Å². The van der Waals surface area contributed by atoms with Gasteiger partial charge in [-0.25, -0.2) is 4.98 Å². The first-order chi connectivity index (χ1) is 24.4. The molecule has 53 heavy (non-hydrogen) atoms. The van der Waals surface area contributed by atoms with Gasteiger partial charge in [-0.15, -0.1) is 35.9 Å². The number of rotatable bonds is 6. The minimum atomic E-state index is -0.220. The first-order valence-electron chi connectivity index (χ1n) is 18.3. The molecule has 274 valence electrons. The molecule has 5 nitrogen and oxygen atoms in total. The van der Waals surface area contributed by atoms with Crippen LogP contribution in [-0.4, -0.2) is 19.3 Å². The van der Waals surface area contributed by atoms with Crippen molar-refractivity contribution in [1.82, 2.24) is 19.3 Å². The molecule has 0 atom stereocenters. The molecule has 0 bridgehead atoms. The van der Waals surface area contributed by atoms with Gasteiger partial charge in [-0.1, -0.05) is 136 Å². The van der Waals surface area contributed by atoms with Crippen LogP contribution in [0, 0.1) is 12.1 Å². The summed E-state index contributed by atoms with van der Waals surface area (Å²) in [5.74, 6) is 2.08. The van der Waals surface area contributed by atoms with Crippen LogP contribution in [0.2, 0.25) is 0 Å². The molecule has 0 radical (unpaired) electrons. The Morgan fingerprint density at radius 1 is 0.623 bits per heavy atom. The number of fused-ring (bicyclic) bond motifs is 3. The zero-order valence-corrected chi connectivity index (χ0v) is 35.1. The van der Waals surface area contributed by atoms with Gasteiger partial charge in [0.15, 0.2) is 0 Å². The molecule has 0 aliphatic heterocycles. The fraction of sp³-hybridized carbons (Fsp3) is 0.319. The Morgan fingerprint density at radius 2 is 1.32 bits per heavy atom. The van der Waals surface area contributed by atoms with Gasteiger partial charge < -0.3 is 9.30 Å². The van der Waals surface area contributed by atoms with Crippen LogP contribution in [0.3, 0.4) is 0 Å². The Balaban J connectivity index is 0.00000481. The summed E-state index contributed by atoms with van der Waals surface area (Å²) in [5, 5.41) is 7.40. The second kappa shape index (κ2) is 13.7. The van der Waals surface area contributed by atoms with E-state index >= 15 is 0 Å². The van der Waals surface area contributed by atoms with Gasteiger partial charge in [0, 0.05) is 45.2 Å². The zero-order chi connectivity index (χ0) is 37.2. The number of hydrogen-bond donors (Lipinski definition) is 0. The van der Waals surface area contributed by atoms with Gasteiger partial charge in [0.25, 0.3) is 0 Å². The number of ether oxygens (including phenoxy) is 1. The molecular formula is C47H50N4OPt. The summed E-state index contributed by atoms with van der Waals surface area (Å²) < 4.78 is 11.0. The van der Waals surface area contributed by atoms with Crippen molar-refractivity contribution >= 4 is 21.8 Å². The van der Waals surface area contributed by atoms with E-state index in [1.165, 1.54) is 16.7 Å². The third-order valence-electron chi connectivity index (χ3n) is 10.1. The topological polar surface area (TPSA) is 44.9 Å². The normalized spacial score (nSPS) is 12.7. The Bertz CT molecular complexity index is 2410. The molecule has 0 aliphatic carbocycles. The van der Waals surface area contributed by atoms with E-state index in [0.717, 1.165) is 44.7 Å². The smallest absolute Gasteiger partial charge is 0.509 e. The Hall–Kier alpha value is -4.47. The number of pyridine rings is 1. The van der Waals surface area contributed by atoms with Gasteiger partial charge in [0.05, 0.1) is 5.69 Å². The number of aromatic nitrogens is 4. The summed E-state index contributed by atoms with van der Waals surface area (Å²) >= 11 is 0. The summed E-state index contributed by atoms with van der Waals surface area (Å²) in [5.41, 5.74) is 8.04. The number of hydrogen-bond acceptors (Lipinski definition) is 3.